The molecule has 0 saturated heterocycles. The zero-order chi connectivity index (χ0) is 16.7. The van der Waals surface area contributed by atoms with E-state index in [0.717, 1.165) is 0 Å². The molecule has 0 bridgehead atoms. The Morgan fingerprint density at radius 2 is 2.30 bits per heavy atom. The first-order chi connectivity index (χ1) is 11.2. The predicted octanol–water partition coefficient (Wildman–Crippen LogP) is 2.72. The van der Waals surface area contributed by atoms with Crippen molar-refractivity contribution in [3.63, 3.8) is 0 Å². The molecule has 2 rings (SSSR count). The van der Waals surface area contributed by atoms with Crippen LogP contribution < -0.4 is 10.1 Å². The van der Waals surface area contributed by atoms with E-state index in [4.69, 9.17) is 14.4 Å². The molecule has 23 heavy (non-hydrogen) atoms. The van der Waals surface area contributed by atoms with Gasteiger partial charge in [0.1, 0.15) is 23.2 Å². The van der Waals surface area contributed by atoms with Gasteiger partial charge in [0.05, 0.1) is 19.5 Å². The molecule has 6 nitrogen and oxygen atoms in total. The first-order valence-electron chi connectivity index (χ1n) is 7.01. The number of carbonyl (C=O) groups excluding carboxylic acids is 1. The fourth-order valence-electron chi connectivity index (χ4n) is 1.94. The van der Waals surface area contributed by atoms with E-state index in [0.29, 0.717) is 29.4 Å². The van der Waals surface area contributed by atoms with Gasteiger partial charge in [0, 0.05) is 17.3 Å². The maximum Gasteiger partial charge on any atom is 0.266 e. The number of furan rings is 1. The molecule has 1 aromatic carbocycles. The van der Waals surface area contributed by atoms with Gasteiger partial charge < -0.3 is 19.6 Å². The summed E-state index contributed by atoms with van der Waals surface area (Å²) in [5.74, 6) is 0.413. The topological polar surface area (TPSA) is 95.5 Å². The van der Waals surface area contributed by atoms with Crippen LogP contribution in [0.25, 0.3) is 6.08 Å². The fraction of sp³-hybridized carbons (Fsp3) is 0.176. The van der Waals surface area contributed by atoms with Crippen LogP contribution in [0.2, 0.25) is 0 Å². The van der Waals surface area contributed by atoms with Crippen LogP contribution in [0.3, 0.4) is 0 Å². The second-order valence-corrected chi connectivity index (χ2v) is 4.55. The number of rotatable bonds is 6. The van der Waals surface area contributed by atoms with Gasteiger partial charge in [0.15, 0.2) is 0 Å². The van der Waals surface area contributed by atoms with Crippen LogP contribution in [-0.2, 0) is 11.4 Å². The van der Waals surface area contributed by atoms with E-state index in [1.807, 2.05) is 13.0 Å². The third-order valence-electron chi connectivity index (χ3n) is 2.98. The number of benzene rings is 1. The normalized spacial score (nSPS) is 10.9. The maximum absolute atomic E-state index is 12.1. The van der Waals surface area contributed by atoms with Crippen molar-refractivity contribution in [2.45, 2.75) is 13.5 Å². The molecule has 0 saturated carbocycles. The molecule has 0 aliphatic heterocycles. The van der Waals surface area contributed by atoms with Crippen LogP contribution in [0.1, 0.15) is 18.2 Å². The van der Waals surface area contributed by atoms with Crippen LogP contribution >= 0.6 is 0 Å². The Labute approximate surface area is 133 Å². The number of carbonyl (C=O) groups is 1. The van der Waals surface area contributed by atoms with Crippen molar-refractivity contribution >= 4 is 17.7 Å². The first-order valence-corrected chi connectivity index (χ1v) is 7.01. The number of amides is 1. The molecule has 1 amide bonds. The number of nitriles is 1. The zero-order valence-electron chi connectivity index (χ0n) is 12.6. The van der Waals surface area contributed by atoms with Gasteiger partial charge in [-0.25, -0.2) is 0 Å². The monoisotopic (exact) mass is 312 g/mol. The second kappa shape index (κ2) is 7.82. The molecule has 1 heterocycles. The minimum absolute atomic E-state index is 0.0839. The Morgan fingerprint density at radius 3 is 2.91 bits per heavy atom. The predicted molar refractivity (Wildman–Crippen MR) is 84.5 cm³/mol. The molecule has 0 atom stereocenters. The van der Waals surface area contributed by atoms with Crippen LogP contribution in [0.4, 0.5) is 5.69 Å². The lowest BCUT2D eigenvalue weighted by atomic mass is 10.1. The van der Waals surface area contributed by atoms with Gasteiger partial charge in [-0.3, -0.25) is 4.79 Å². The summed E-state index contributed by atoms with van der Waals surface area (Å²) in [5.41, 5.74) is 0.931. The van der Waals surface area contributed by atoms with E-state index < -0.39 is 5.91 Å². The molecule has 0 unspecified atom stereocenters. The van der Waals surface area contributed by atoms with E-state index in [2.05, 4.69) is 5.32 Å². The smallest absolute Gasteiger partial charge is 0.266 e. The Kier molecular flexibility index (Phi) is 5.56. The van der Waals surface area contributed by atoms with E-state index in [1.54, 1.807) is 30.3 Å². The Morgan fingerprint density at radius 1 is 1.48 bits per heavy atom. The highest BCUT2D eigenvalue weighted by atomic mass is 16.5. The number of nitrogens with zero attached hydrogens (tertiary/aromatic N) is 1. The highest BCUT2D eigenvalue weighted by molar-refractivity contribution is 6.09. The highest BCUT2D eigenvalue weighted by Crippen LogP contribution is 2.23. The number of aliphatic hydroxyl groups excluding tert-OH is 1. The van der Waals surface area contributed by atoms with Crippen LogP contribution in [0, 0.1) is 11.3 Å². The van der Waals surface area contributed by atoms with Crippen molar-refractivity contribution in [3.05, 3.63) is 53.5 Å². The quantitative estimate of drug-likeness (QED) is 0.631. The summed E-state index contributed by atoms with van der Waals surface area (Å²) in [6, 6.07) is 10.0. The molecule has 0 fully saturated rings. The summed E-state index contributed by atoms with van der Waals surface area (Å²) in [7, 11) is 0. The largest absolute Gasteiger partial charge is 0.494 e. The van der Waals surface area contributed by atoms with Crippen LogP contribution in [0.5, 0.6) is 5.75 Å². The highest BCUT2D eigenvalue weighted by Gasteiger charge is 2.12. The van der Waals surface area contributed by atoms with Crippen molar-refractivity contribution in [1.82, 2.24) is 0 Å². The minimum atomic E-state index is -0.558. The lowest BCUT2D eigenvalue weighted by Crippen LogP contribution is -2.13. The molecule has 1 aromatic heterocycles. The number of hydrogen-bond donors (Lipinski definition) is 2. The van der Waals surface area contributed by atoms with Crippen molar-refractivity contribution in [2.24, 2.45) is 0 Å². The molecular weight excluding hydrogens is 296 g/mol. The van der Waals surface area contributed by atoms with Crippen LogP contribution in [0.15, 0.2) is 46.6 Å². The molecule has 2 aromatic rings. The maximum atomic E-state index is 12.1. The summed E-state index contributed by atoms with van der Waals surface area (Å²) in [5, 5.41) is 21.1. The van der Waals surface area contributed by atoms with Crippen molar-refractivity contribution in [1.29, 1.82) is 5.26 Å². The van der Waals surface area contributed by atoms with Gasteiger partial charge in [-0.1, -0.05) is 0 Å². The molecule has 2 N–H and O–H groups in total. The van der Waals surface area contributed by atoms with Gasteiger partial charge in [-0.05, 0) is 37.3 Å². The summed E-state index contributed by atoms with van der Waals surface area (Å²) in [6.45, 7) is 2.10. The number of aliphatic hydroxyl groups is 1. The second-order valence-electron chi connectivity index (χ2n) is 4.55. The van der Waals surface area contributed by atoms with Crippen molar-refractivity contribution in [2.75, 3.05) is 11.9 Å². The van der Waals surface area contributed by atoms with E-state index in [1.165, 1.54) is 12.3 Å². The van der Waals surface area contributed by atoms with Crippen molar-refractivity contribution < 1.29 is 19.1 Å². The average Bonchev–Trinajstić information content (AvgIpc) is 3.07. The zero-order valence-corrected chi connectivity index (χ0v) is 12.6. The summed E-state index contributed by atoms with van der Waals surface area (Å²) in [4.78, 5) is 12.1. The standard InChI is InChI=1S/C17H16N2O4/c1-2-22-16-6-5-14(8-13(16)11-20)19-17(21)12(10-18)9-15-4-3-7-23-15/h3-9,20H,2,11H2,1H3,(H,19,21)/b12-9+. The molecule has 118 valence electrons. The molecule has 6 heteroatoms. The van der Waals surface area contributed by atoms with E-state index in [-0.39, 0.29) is 12.2 Å². The molecule has 0 radical (unpaired) electrons. The molecule has 0 spiro atoms. The minimum Gasteiger partial charge on any atom is -0.494 e. The Balaban J connectivity index is 2.18. The number of nitrogens with one attached hydrogen (secondary N) is 1. The third kappa shape index (κ3) is 4.22. The Bertz CT molecular complexity index is 742. The molecular formula is C17H16N2O4. The summed E-state index contributed by atoms with van der Waals surface area (Å²) in [6.07, 6.45) is 2.82. The van der Waals surface area contributed by atoms with E-state index in [9.17, 15) is 9.90 Å². The first kappa shape index (κ1) is 16.3. The Hall–Kier alpha value is -3.04. The van der Waals surface area contributed by atoms with Gasteiger partial charge >= 0.3 is 0 Å². The number of hydrogen-bond acceptors (Lipinski definition) is 5. The van der Waals surface area contributed by atoms with Gasteiger partial charge in [-0.2, -0.15) is 5.26 Å². The van der Waals surface area contributed by atoms with Gasteiger partial charge in [0.2, 0.25) is 0 Å². The van der Waals surface area contributed by atoms with Gasteiger partial charge in [-0.15, -0.1) is 0 Å². The average molecular weight is 312 g/mol. The third-order valence-corrected chi connectivity index (χ3v) is 2.98. The van der Waals surface area contributed by atoms with Crippen molar-refractivity contribution in [3.8, 4) is 11.8 Å². The SMILES string of the molecule is CCOc1ccc(NC(=O)/C(C#N)=C/c2ccco2)cc1CO. The fourth-order valence-corrected chi connectivity index (χ4v) is 1.94. The lowest BCUT2D eigenvalue weighted by Gasteiger charge is -2.11. The summed E-state index contributed by atoms with van der Waals surface area (Å²) >= 11 is 0. The number of ether oxygens (including phenoxy) is 1. The number of anilines is 1. The molecule has 0 aliphatic carbocycles. The van der Waals surface area contributed by atoms with Crippen LogP contribution in [-0.4, -0.2) is 17.6 Å². The lowest BCUT2D eigenvalue weighted by molar-refractivity contribution is -0.112. The molecule has 0 aliphatic rings. The van der Waals surface area contributed by atoms with E-state index >= 15 is 0 Å². The van der Waals surface area contributed by atoms with Gasteiger partial charge in [0.25, 0.3) is 5.91 Å². The summed E-state index contributed by atoms with van der Waals surface area (Å²) < 4.78 is 10.5.